The Bertz CT molecular complexity index is 604. The van der Waals surface area contributed by atoms with Crippen LogP contribution in [-0.4, -0.2) is 26.0 Å². The van der Waals surface area contributed by atoms with Gasteiger partial charge in [-0.15, -0.1) is 0 Å². The lowest BCUT2D eigenvalue weighted by atomic mass is 9.82. The molecular weight excluding hydrogens is 288 g/mol. The van der Waals surface area contributed by atoms with Crippen molar-refractivity contribution in [3.05, 3.63) is 47.5 Å². The fourth-order valence-corrected chi connectivity index (χ4v) is 2.56. The highest BCUT2D eigenvalue weighted by Gasteiger charge is 2.35. The van der Waals surface area contributed by atoms with Crippen LogP contribution >= 0.6 is 11.6 Å². The number of benzene rings is 1. The lowest BCUT2D eigenvalue weighted by molar-refractivity contribution is 0.158. The summed E-state index contributed by atoms with van der Waals surface area (Å²) in [6.45, 7) is 1.74. The van der Waals surface area contributed by atoms with Crippen molar-refractivity contribution in [2.45, 2.75) is 37.8 Å². The predicted octanol–water partition coefficient (Wildman–Crippen LogP) is 2.75. The number of nitrogens with zero attached hydrogens (tertiary/aromatic N) is 4. The van der Waals surface area contributed by atoms with Gasteiger partial charge in [0.15, 0.2) is 0 Å². The van der Waals surface area contributed by atoms with Gasteiger partial charge in [-0.1, -0.05) is 23.7 Å². The van der Waals surface area contributed by atoms with Gasteiger partial charge in [0.2, 0.25) is 0 Å². The van der Waals surface area contributed by atoms with Crippen molar-refractivity contribution >= 4 is 11.6 Å². The minimum absolute atomic E-state index is 0.241. The van der Waals surface area contributed by atoms with Gasteiger partial charge in [0.1, 0.15) is 18.2 Å². The van der Waals surface area contributed by atoms with Crippen LogP contribution in [0.15, 0.2) is 36.9 Å². The summed E-state index contributed by atoms with van der Waals surface area (Å²) >= 11 is 5.95. The second-order valence-electron chi connectivity index (χ2n) is 5.10. The molecule has 6 heteroatoms. The second-order valence-corrected chi connectivity index (χ2v) is 5.54. The van der Waals surface area contributed by atoms with Crippen molar-refractivity contribution in [3.63, 3.8) is 0 Å². The summed E-state index contributed by atoms with van der Waals surface area (Å²) in [7, 11) is 0. The van der Waals surface area contributed by atoms with Crippen LogP contribution < -0.4 is 0 Å². The Hall–Kier alpha value is -1.90. The molecule has 0 saturated carbocycles. The zero-order valence-corrected chi connectivity index (χ0v) is 12.5. The van der Waals surface area contributed by atoms with E-state index in [2.05, 4.69) is 16.2 Å². The Balaban J connectivity index is 2.49. The quantitative estimate of drug-likeness (QED) is 0.890. The molecule has 1 heterocycles. The number of hydrogen-bond donors (Lipinski definition) is 1. The Labute approximate surface area is 128 Å². The molecule has 1 N–H and O–H groups in total. The van der Waals surface area contributed by atoms with Gasteiger partial charge >= 0.3 is 0 Å². The molecule has 0 aliphatic rings. The average Bonchev–Trinajstić information content (AvgIpc) is 2.99. The van der Waals surface area contributed by atoms with E-state index in [9.17, 15) is 10.4 Å². The standard InChI is InChI=1S/C15H17ClN4O/c1-12(21)6-7-15(8-9-17,20-11-18-10-19-20)13-2-4-14(16)5-3-13/h2-5,10-12,21H,6-8H2,1H3/t12-,15+/m1/s1. The molecule has 1 aromatic heterocycles. The number of aliphatic hydroxyl groups is 1. The number of aliphatic hydroxyl groups excluding tert-OH is 1. The van der Waals surface area contributed by atoms with Crippen molar-refractivity contribution in [2.75, 3.05) is 0 Å². The first kappa shape index (κ1) is 15.5. The van der Waals surface area contributed by atoms with E-state index in [0.717, 1.165) is 5.56 Å². The summed E-state index contributed by atoms with van der Waals surface area (Å²) in [4.78, 5) is 3.99. The summed E-state index contributed by atoms with van der Waals surface area (Å²) in [6, 6.07) is 9.60. The van der Waals surface area contributed by atoms with Gasteiger partial charge in [-0.2, -0.15) is 10.4 Å². The van der Waals surface area contributed by atoms with Gasteiger partial charge in [-0.3, -0.25) is 0 Å². The molecule has 110 valence electrons. The first-order valence-electron chi connectivity index (χ1n) is 6.74. The third-order valence-corrected chi connectivity index (χ3v) is 3.84. The van der Waals surface area contributed by atoms with E-state index in [0.29, 0.717) is 17.9 Å². The summed E-state index contributed by atoms with van der Waals surface area (Å²) in [6.07, 6.45) is 4.00. The van der Waals surface area contributed by atoms with Crippen molar-refractivity contribution in [2.24, 2.45) is 0 Å². The molecule has 0 aliphatic heterocycles. The molecule has 1 aromatic carbocycles. The number of halogens is 1. The molecule has 2 rings (SSSR count). The molecule has 0 saturated heterocycles. The van der Waals surface area contributed by atoms with Crippen molar-refractivity contribution in [1.82, 2.24) is 14.8 Å². The molecule has 0 radical (unpaired) electrons. The molecule has 0 bridgehead atoms. The number of nitriles is 1. The van der Waals surface area contributed by atoms with E-state index in [1.165, 1.54) is 6.33 Å². The smallest absolute Gasteiger partial charge is 0.137 e. The molecule has 0 fully saturated rings. The summed E-state index contributed by atoms with van der Waals surface area (Å²) in [5.74, 6) is 0. The minimum Gasteiger partial charge on any atom is -0.393 e. The number of rotatable bonds is 6. The van der Waals surface area contributed by atoms with Crippen LogP contribution in [0.4, 0.5) is 0 Å². The molecular formula is C15H17ClN4O. The van der Waals surface area contributed by atoms with Crippen LogP contribution in [0.25, 0.3) is 0 Å². The maximum absolute atomic E-state index is 9.62. The van der Waals surface area contributed by atoms with Gasteiger partial charge in [0.05, 0.1) is 18.6 Å². The van der Waals surface area contributed by atoms with Crippen LogP contribution in [0.1, 0.15) is 31.7 Å². The Kier molecular flexibility index (Phi) is 4.94. The third-order valence-electron chi connectivity index (χ3n) is 3.59. The molecule has 0 spiro atoms. The Morgan fingerprint density at radius 2 is 2.14 bits per heavy atom. The summed E-state index contributed by atoms with van der Waals surface area (Å²) in [5.41, 5.74) is 0.284. The molecule has 21 heavy (non-hydrogen) atoms. The maximum atomic E-state index is 9.62. The van der Waals surface area contributed by atoms with Crippen molar-refractivity contribution in [3.8, 4) is 6.07 Å². The van der Waals surface area contributed by atoms with Gasteiger partial charge in [-0.05, 0) is 37.5 Å². The minimum atomic E-state index is -0.646. The normalized spacial score (nSPS) is 15.1. The second kappa shape index (κ2) is 6.70. The lowest BCUT2D eigenvalue weighted by Gasteiger charge is -2.33. The Morgan fingerprint density at radius 3 is 2.67 bits per heavy atom. The highest BCUT2D eigenvalue weighted by molar-refractivity contribution is 6.30. The van der Waals surface area contributed by atoms with Crippen LogP contribution in [0.2, 0.25) is 5.02 Å². The first-order valence-corrected chi connectivity index (χ1v) is 7.12. The fraction of sp³-hybridized carbons (Fsp3) is 0.400. The highest BCUT2D eigenvalue weighted by atomic mass is 35.5. The number of aromatic nitrogens is 3. The van der Waals surface area contributed by atoms with Crippen molar-refractivity contribution < 1.29 is 5.11 Å². The SMILES string of the molecule is C[C@@H](O)CC[C@](CC#N)(c1ccc(Cl)cc1)n1cncn1. The van der Waals surface area contributed by atoms with E-state index in [4.69, 9.17) is 11.6 Å². The van der Waals surface area contributed by atoms with Gasteiger partial charge in [0, 0.05) is 5.02 Å². The molecule has 5 nitrogen and oxygen atoms in total. The maximum Gasteiger partial charge on any atom is 0.137 e. The molecule has 0 amide bonds. The molecule has 0 unspecified atom stereocenters. The fourth-order valence-electron chi connectivity index (χ4n) is 2.43. The van der Waals surface area contributed by atoms with Crippen LogP contribution in [0.3, 0.4) is 0 Å². The largest absolute Gasteiger partial charge is 0.393 e. The average molecular weight is 305 g/mol. The van der Waals surface area contributed by atoms with Crippen LogP contribution in [-0.2, 0) is 5.54 Å². The zero-order chi connectivity index (χ0) is 15.3. The molecule has 2 aromatic rings. The van der Waals surface area contributed by atoms with Crippen molar-refractivity contribution in [1.29, 1.82) is 5.26 Å². The number of hydrogen-bond acceptors (Lipinski definition) is 4. The third kappa shape index (κ3) is 3.41. The van der Waals surface area contributed by atoms with Gasteiger partial charge in [-0.25, -0.2) is 9.67 Å². The van der Waals surface area contributed by atoms with E-state index in [-0.39, 0.29) is 6.42 Å². The molecule has 0 aliphatic carbocycles. The van der Waals surface area contributed by atoms with E-state index in [1.54, 1.807) is 30.1 Å². The first-order chi connectivity index (χ1) is 10.1. The highest BCUT2D eigenvalue weighted by Crippen LogP contribution is 2.35. The lowest BCUT2D eigenvalue weighted by Crippen LogP contribution is -2.36. The topological polar surface area (TPSA) is 74.7 Å². The van der Waals surface area contributed by atoms with Crippen LogP contribution in [0.5, 0.6) is 0 Å². The van der Waals surface area contributed by atoms with Crippen LogP contribution in [0, 0.1) is 11.3 Å². The van der Waals surface area contributed by atoms with E-state index in [1.807, 2.05) is 12.1 Å². The predicted molar refractivity (Wildman–Crippen MR) is 79.7 cm³/mol. The molecule has 2 atom stereocenters. The summed E-state index contributed by atoms with van der Waals surface area (Å²) in [5, 5.41) is 23.8. The van der Waals surface area contributed by atoms with Gasteiger partial charge in [0.25, 0.3) is 0 Å². The van der Waals surface area contributed by atoms with E-state index >= 15 is 0 Å². The summed E-state index contributed by atoms with van der Waals surface area (Å²) < 4.78 is 1.70. The monoisotopic (exact) mass is 304 g/mol. The Morgan fingerprint density at radius 1 is 1.43 bits per heavy atom. The zero-order valence-electron chi connectivity index (χ0n) is 11.8. The van der Waals surface area contributed by atoms with E-state index < -0.39 is 11.6 Å². The van der Waals surface area contributed by atoms with Gasteiger partial charge < -0.3 is 5.11 Å².